The molecule has 0 aromatic heterocycles. The summed E-state index contributed by atoms with van der Waals surface area (Å²) in [5.74, 6) is -0.796. The second-order valence-corrected chi connectivity index (χ2v) is 8.78. The monoisotopic (exact) mass is 435 g/mol. The molecule has 1 saturated heterocycles. The number of Topliss-reactive ketones (excluding diaryl/α,β-unsaturated/α-hetero) is 1. The lowest BCUT2D eigenvalue weighted by atomic mass is 9.91. The number of benzene rings is 2. The third-order valence-electron chi connectivity index (χ3n) is 6.14. The van der Waals surface area contributed by atoms with Crippen molar-refractivity contribution in [1.82, 2.24) is 4.90 Å². The van der Waals surface area contributed by atoms with Gasteiger partial charge in [0.2, 0.25) is 0 Å². The van der Waals surface area contributed by atoms with Gasteiger partial charge in [-0.2, -0.15) is 0 Å². The molecule has 1 atom stereocenters. The van der Waals surface area contributed by atoms with Gasteiger partial charge in [0, 0.05) is 11.6 Å². The van der Waals surface area contributed by atoms with Gasteiger partial charge in [-0.05, 0) is 56.5 Å². The Kier molecular flexibility index (Phi) is 6.21. The van der Waals surface area contributed by atoms with Crippen molar-refractivity contribution in [2.24, 2.45) is 0 Å². The van der Waals surface area contributed by atoms with Gasteiger partial charge in [0.25, 0.3) is 11.7 Å². The molecule has 4 rings (SSSR count). The first-order valence-electron chi connectivity index (χ1n) is 11.2. The summed E-state index contributed by atoms with van der Waals surface area (Å²) in [4.78, 5) is 28.0. The van der Waals surface area contributed by atoms with E-state index in [1.165, 1.54) is 12.1 Å². The molecule has 168 valence electrons. The number of aliphatic hydroxyl groups is 1. The summed E-state index contributed by atoms with van der Waals surface area (Å²) in [5, 5.41) is 21.0. The maximum atomic E-state index is 13.2. The number of carbonyl (C=O) groups is 2. The maximum absolute atomic E-state index is 13.2. The predicted molar refractivity (Wildman–Crippen MR) is 121 cm³/mol. The number of ether oxygens (including phenoxy) is 1. The summed E-state index contributed by atoms with van der Waals surface area (Å²) < 4.78 is 5.73. The Morgan fingerprint density at radius 2 is 1.72 bits per heavy atom. The molecule has 2 aliphatic rings. The molecule has 0 radical (unpaired) electrons. The average Bonchev–Trinajstić information content (AvgIpc) is 3.05. The van der Waals surface area contributed by atoms with Gasteiger partial charge in [0.1, 0.15) is 17.3 Å². The number of hydrogen-bond donors (Lipinski definition) is 2. The highest BCUT2D eigenvalue weighted by Crippen LogP contribution is 2.43. The largest absolute Gasteiger partial charge is 0.508 e. The summed E-state index contributed by atoms with van der Waals surface area (Å²) in [6.45, 7) is 3.82. The van der Waals surface area contributed by atoms with Crippen LogP contribution in [0.15, 0.2) is 54.1 Å². The quantitative estimate of drug-likeness (QED) is 0.395. The van der Waals surface area contributed by atoms with Crippen molar-refractivity contribution in [3.05, 3.63) is 65.2 Å². The van der Waals surface area contributed by atoms with Crippen molar-refractivity contribution in [3.8, 4) is 11.5 Å². The number of phenols is 1. The lowest BCUT2D eigenvalue weighted by Gasteiger charge is -2.35. The van der Waals surface area contributed by atoms with Crippen LogP contribution in [-0.4, -0.2) is 38.9 Å². The Morgan fingerprint density at radius 3 is 2.38 bits per heavy atom. The zero-order valence-corrected chi connectivity index (χ0v) is 18.5. The molecule has 1 unspecified atom stereocenters. The molecule has 2 N–H and O–H groups in total. The van der Waals surface area contributed by atoms with Crippen LogP contribution in [-0.2, 0) is 9.59 Å². The molecule has 1 heterocycles. The first-order valence-corrected chi connectivity index (χ1v) is 11.2. The molecule has 0 bridgehead atoms. The van der Waals surface area contributed by atoms with Gasteiger partial charge in [0.05, 0.1) is 17.7 Å². The number of hydrogen-bond acceptors (Lipinski definition) is 5. The van der Waals surface area contributed by atoms with Crippen LogP contribution in [0.2, 0.25) is 0 Å². The first kappa shape index (κ1) is 21.9. The molecule has 6 heteroatoms. The van der Waals surface area contributed by atoms with E-state index in [2.05, 4.69) is 0 Å². The van der Waals surface area contributed by atoms with Crippen LogP contribution in [0.1, 0.15) is 63.1 Å². The van der Waals surface area contributed by atoms with Gasteiger partial charge >= 0.3 is 0 Å². The number of aromatic hydroxyl groups is 1. The lowest BCUT2D eigenvalue weighted by molar-refractivity contribution is -0.141. The summed E-state index contributed by atoms with van der Waals surface area (Å²) in [7, 11) is 0. The molecule has 1 aliphatic carbocycles. The maximum Gasteiger partial charge on any atom is 0.295 e. The minimum absolute atomic E-state index is 0.0405. The Labute approximate surface area is 188 Å². The normalized spacial score (nSPS) is 21.3. The molecular formula is C26H29NO5. The van der Waals surface area contributed by atoms with E-state index in [9.17, 15) is 19.8 Å². The molecule has 2 aromatic carbocycles. The van der Waals surface area contributed by atoms with Crippen molar-refractivity contribution >= 4 is 17.4 Å². The highest BCUT2D eigenvalue weighted by atomic mass is 16.5. The third-order valence-corrected chi connectivity index (χ3v) is 6.14. The van der Waals surface area contributed by atoms with Gasteiger partial charge in [-0.15, -0.1) is 0 Å². The van der Waals surface area contributed by atoms with E-state index in [0.29, 0.717) is 16.9 Å². The van der Waals surface area contributed by atoms with Crippen molar-refractivity contribution < 1.29 is 24.5 Å². The molecule has 2 aromatic rings. The fourth-order valence-electron chi connectivity index (χ4n) is 4.71. The SMILES string of the molecule is CC(C)Oc1cccc(/C(O)=C2/C(=O)C(=O)N(C3CCCCC3)C2c2ccc(O)cc2)c1. The molecule has 2 fully saturated rings. The average molecular weight is 436 g/mol. The first-order chi connectivity index (χ1) is 15.4. The van der Waals surface area contributed by atoms with Crippen LogP contribution < -0.4 is 4.74 Å². The summed E-state index contributed by atoms with van der Waals surface area (Å²) in [5.41, 5.74) is 1.19. The van der Waals surface area contributed by atoms with Crippen molar-refractivity contribution in [2.45, 2.75) is 64.1 Å². The van der Waals surface area contributed by atoms with Crippen LogP contribution in [0.5, 0.6) is 11.5 Å². The fourth-order valence-corrected chi connectivity index (χ4v) is 4.71. The molecule has 1 amide bonds. The standard InChI is InChI=1S/C26H29NO5/c1-16(2)32-21-10-6-7-18(15-21)24(29)22-23(17-11-13-20(28)14-12-17)27(26(31)25(22)30)19-8-4-3-5-9-19/h6-7,10-16,19,23,28-29H,3-5,8-9H2,1-2H3/b24-22-. The fraction of sp³-hybridized carbons (Fsp3) is 0.385. The molecule has 6 nitrogen and oxygen atoms in total. The number of amides is 1. The zero-order chi connectivity index (χ0) is 22.8. The van der Waals surface area contributed by atoms with E-state index in [0.717, 1.165) is 32.1 Å². The minimum Gasteiger partial charge on any atom is -0.508 e. The van der Waals surface area contributed by atoms with Crippen molar-refractivity contribution in [3.63, 3.8) is 0 Å². The van der Waals surface area contributed by atoms with Crippen LogP contribution in [0.4, 0.5) is 0 Å². The van der Waals surface area contributed by atoms with Gasteiger partial charge in [0.15, 0.2) is 0 Å². The van der Waals surface area contributed by atoms with E-state index >= 15 is 0 Å². The number of nitrogens with zero attached hydrogens (tertiary/aromatic N) is 1. The molecule has 1 aliphatic heterocycles. The number of aliphatic hydroxyl groups excluding tert-OH is 1. The van der Waals surface area contributed by atoms with E-state index in [-0.39, 0.29) is 29.2 Å². The Morgan fingerprint density at radius 1 is 1.03 bits per heavy atom. The van der Waals surface area contributed by atoms with E-state index in [4.69, 9.17) is 4.74 Å². The van der Waals surface area contributed by atoms with Gasteiger partial charge in [-0.1, -0.05) is 43.5 Å². The molecule has 1 saturated carbocycles. The third kappa shape index (κ3) is 4.22. The van der Waals surface area contributed by atoms with Gasteiger partial charge in [-0.3, -0.25) is 9.59 Å². The van der Waals surface area contributed by atoms with Crippen LogP contribution in [0, 0.1) is 0 Å². The minimum atomic E-state index is -0.701. The van der Waals surface area contributed by atoms with Crippen LogP contribution in [0.3, 0.4) is 0 Å². The molecule has 32 heavy (non-hydrogen) atoms. The number of likely N-dealkylation sites (tertiary alicyclic amines) is 1. The summed E-state index contributed by atoms with van der Waals surface area (Å²) >= 11 is 0. The number of carbonyl (C=O) groups excluding carboxylic acids is 2. The second-order valence-electron chi connectivity index (χ2n) is 8.78. The van der Waals surface area contributed by atoms with E-state index < -0.39 is 17.7 Å². The highest BCUT2D eigenvalue weighted by molar-refractivity contribution is 6.46. The predicted octanol–water partition coefficient (Wildman–Crippen LogP) is 4.93. The number of ketones is 1. The topological polar surface area (TPSA) is 87.1 Å². The smallest absolute Gasteiger partial charge is 0.295 e. The Balaban J connectivity index is 1.83. The number of phenolic OH excluding ortho intramolecular Hbond substituents is 1. The van der Waals surface area contributed by atoms with Crippen molar-refractivity contribution in [1.29, 1.82) is 0 Å². The Hall–Kier alpha value is -3.28. The summed E-state index contributed by atoms with van der Waals surface area (Å²) in [6.07, 6.45) is 4.75. The van der Waals surface area contributed by atoms with Crippen LogP contribution >= 0.6 is 0 Å². The van der Waals surface area contributed by atoms with E-state index in [1.54, 1.807) is 41.3 Å². The van der Waals surface area contributed by atoms with Gasteiger partial charge < -0.3 is 19.8 Å². The second kappa shape index (κ2) is 9.07. The molecule has 0 spiro atoms. The van der Waals surface area contributed by atoms with E-state index in [1.807, 2.05) is 13.8 Å². The zero-order valence-electron chi connectivity index (χ0n) is 18.5. The van der Waals surface area contributed by atoms with Crippen LogP contribution in [0.25, 0.3) is 5.76 Å². The molecular weight excluding hydrogens is 406 g/mol. The lowest BCUT2D eigenvalue weighted by Crippen LogP contribution is -2.40. The summed E-state index contributed by atoms with van der Waals surface area (Å²) in [6, 6.07) is 12.6. The number of rotatable bonds is 5. The van der Waals surface area contributed by atoms with Gasteiger partial charge in [-0.25, -0.2) is 0 Å². The Bertz CT molecular complexity index is 1030. The van der Waals surface area contributed by atoms with Crippen molar-refractivity contribution in [2.75, 3.05) is 0 Å². The highest BCUT2D eigenvalue weighted by Gasteiger charge is 2.48.